The van der Waals surface area contributed by atoms with Crippen LogP contribution in [0.3, 0.4) is 0 Å². The number of carboxylic acid groups (broad SMARTS) is 1. The molecular weight excluding hydrogens is 307 g/mol. The van der Waals surface area contributed by atoms with Gasteiger partial charge < -0.3 is 20.1 Å². The molecule has 2 N–H and O–H groups in total. The van der Waals surface area contributed by atoms with Crippen molar-refractivity contribution in [2.24, 2.45) is 5.92 Å². The van der Waals surface area contributed by atoms with Crippen LogP contribution >= 0.6 is 0 Å². The van der Waals surface area contributed by atoms with Gasteiger partial charge in [0.2, 0.25) is 0 Å². The van der Waals surface area contributed by atoms with Crippen LogP contribution in [0, 0.1) is 11.7 Å². The third-order valence-corrected chi connectivity index (χ3v) is 3.70. The summed E-state index contributed by atoms with van der Waals surface area (Å²) in [5.41, 5.74) is -0.380. The fourth-order valence-corrected chi connectivity index (χ4v) is 2.50. The van der Waals surface area contributed by atoms with Crippen LogP contribution in [0.2, 0.25) is 0 Å². The molecule has 2 rings (SSSR count). The SMILES string of the molecule is COC(=O)c1c(F)cccc1NC(=O)N1CCCC(C(=O)O)C1. The van der Waals surface area contributed by atoms with Crippen molar-refractivity contribution >= 4 is 23.7 Å². The van der Waals surface area contributed by atoms with Gasteiger partial charge in [0.05, 0.1) is 18.7 Å². The third kappa shape index (κ3) is 3.77. The molecule has 0 spiro atoms. The number of esters is 1. The van der Waals surface area contributed by atoms with Crippen LogP contribution in [0.25, 0.3) is 0 Å². The van der Waals surface area contributed by atoms with Gasteiger partial charge in [0.25, 0.3) is 0 Å². The zero-order valence-corrected chi connectivity index (χ0v) is 12.5. The highest BCUT2D eigenvalue weighted by Gasteiger charge is 2.29. The summed E-state index contributed by atoms with van der Waals surface area (Å²) in [6.45, 7) is 0.475. The van der Waals surface area contributed by atoms with Crippen molar-refractivity contribution in [2.75, 3.05) is 25.5 Å². The Bertz CT molecular complexity index is 634. The van der Waals surface area contributed by atoms with Gasteiger partial charge in [-0.2, -0.15) is 0 Å². The molecule has 0 saturated carbocycles. The fraction of sp³-hybridized carbons (Fsp3) is 0.400. The Morgan fingerprint density at radius 1 is 1.39 bits per heavy atom. The minimum absolute atomic E-state index is 0.0145. The van der Waals surface area contributed by atoms with Crippen LogP contribution in [-0.2, 0) is 9.53 Å². The zero-order valence-electron chi connectivity index (χ0n) is 12.5. The summed E-state index contributed by atoms with van der Waals surface area (Å²) in [7, 11) is 1.11. The number of methoxy groups -OCH3 is 1. The van der Waals surface area contributed by atoms with E-state index in [9.17, 15) is 18.8 Å². The average Bonchev–Trinajstić information content (AvgIpc) is 2.54. The van der Waals surface area contributed by atoms with Crippen molar-refractivity contribution in [2.45, 2.75) is 12.8 Å². The number of nitrogens with zero attached hydrogens (tertiary/aromatic N) is 1. The van der Waals surface area contributed by atoms with Gasteiger partial charge >= 0.3 is 18.0 Å². The van der Waals surface area contributed by atoms with Gasteiger partial charge in [-0.1, -0.05) is 6.07 Å². The number of hydrogen-bond acceptors (Lipinski definition) is 4. The molecule has 1 aromatic carbocycles. The summed E-state index contributed by atoms with van der Waals surface area (Å²) in [6, 6.07) is 3.25. The molecule has 1 atom stereocenters. The van der Waals surface area contributed by atoms with Gasteiger partial charge in [-0.05, 0) is 25.0 Å². The predicted molar refractivity (Wildman–Crippen MR) is 78.7 cm³/mol. The topological polar surface area (TPSA) is 95.9 Å². The van der Waals surface area contributed by atoms with Gasteiger partial charge in [-0.15, -0.1) is 0 Å². The van der Waals surface area contributed by atoms with Gasteiger partial charge in [0.15, 0.2) is 0 Å². The maximum atomic E-state index is 13.8. The molecule has 1 aliphatic heterocycles. The Kier molecular flexibility index (Phi) is 5.15. The molecule has 1 aromatic rings. The van der Waals surface area contributed by atoms with Crippen LogP contribution in [0.5, 0.6) is 0 Å². The molecule has 0 radical (unpaired) electrons. The summed E-state index contributed by atoms with van der Waals surface area (Å²) >= 11 is 0. The van der Waals surface area contributed by atoms with Gasteiger partial charge in [0, 0.05) is 13.1 Å². The number of benzene rings is 1. The molecule has 1 fully saturated rings. The number of rotatable bonds is 3. The predicted octanol–water partition coefficient (Wildman–Crippen LogP) is 1.94. The van der Waals surface area contributed by atoms with Crippen LogP contribution in [0.15, 0.2) is 18.2 Å². The molecule has 0 aromatic heterocycles. The number of aliphatic carboxylic acids is 1. The number of hydrogen-bond donors (Lipinski definition) is 2. The van der Waals surface area contributed by atoms with Crippen molar-refractivity contribution in [3.63, 3.8) is 0 Å². The first kappa shape index (κ1) is 16.7. The number of anilines is 1. The highest BCUT2D eigenvalue weighted by molar-refractivity contribution is 6.01. The molecule has 0 bridgehead atoms. The Labute approximate surface area is 132 Å². The number of likely N-dealkylation sites (tertiary alicyclic amines) is 1. The van der Waals surface area contributed by atoms with E-state index in [1.807, 2.05) is 0 Å². The number of carboxylic acids is 1. The average molecular weight is 324 g/mol. The molecule has 1 saturated heterocycles. The Morgan fingerprint density at radius 3 is 2.78 bits per heavy atom. The number of ether oxygens (including phenoxy) is 1. The van der Waals surface area contributed by atoms with Gasteiger partial charge in [-0.25, -0.2) is 14.0 Å². The van der Waals surface area contributed by atoms with E-state index in [-0.39, 0.29) is 17.8 Å². The van der Waals surface area contributed by atoms with E-state index in [1.165, 1.54) is 17.0 Å². The Balaban J connectivity index is 2.16. The number of urea groups is 1. The minimum Gasteiger partial charge on any atom is -0.481 e. The highest BCUT2D eigenvalue weighted by atomic mass is 19.1. The first-order valence-electron chi connectivity index (χ1n) is 7.09. The lowest BCUT2D eigenvalue weighted by molar-refractivity contribution is -0.143. The normalized spacial score (nSPS) is 17.5. The lowest BCUT2D eigenvalue weighted by Crippen LogP contribution is -2.44. The van der Waals surface area contributed by atoms with Crippen LogP contribution < -0.4 is 5.32 Å². The van der Waals surface area contributed by atoms with Crippen molar-refractivity contribution in [1.29, 1.82) is 0 Å². The van der Waals surface area contributed by atoms with Crippen molar-refractivity contribution in [1.82, 2.24) is 4.90 Å². The smallest absolute Gasteiger partial charge is 0.342 e. The quantitative estimate of drug-likeness (QED) is 0.828. The van der Waals surface area contributed by atoms with Gasteiger partial charge in [0.1, 0.15) is 11.4 Å². The number of carbonyl (C=O) groups is 3. The number of piperidine rings is 1. The molecule has 1 aliphatic rings. The molecule has 0 aliphatic carbocycles. The lowest BCUT2D eigenvalue weighted by atomic mass is 9.99. The van der Waals surface area contributed by atoms with Crippen LogP contribution in [0.4, 0.5) is 14.9 Å². The van der Waals surface area contributed by atoms with E-state index in [4.69, 9.17) is 5.11 Å². The van der Waals surface area contributed by atoms with Crippen molar-refractivity contribution < 1.29 is 28.6 Å². The second kappa shape index (κ2) is 7.08. The molecular formula is C15H17FN2O5. The van der Waals surface area contributed by atoms with E-state index < -0.39 is 29.7 Å². The van der Waals surface area contributed by atoms with E-state index in [0.717, 1.165) is 13.2 Å². The Hall–Kier alpha value is -2.64. The standard InChI is InChI=1S/C15H17FN2O5/c1-23-14(21)12-10(16)5-2-6-11(12)17-15(22)18-7-3-4-9(8-18)13(19)20/h2,5-6,9H,3-4,7-8H2,1H3,(H,17,22)(H,19,20). The molecule has 1 unspecified atom stereocenters. The van der Waals surface area contributed by atoms with Crippen LogP contribution in [-0.4, -0.2) is 48.2 Å². The lowest BCUT2D eigenvalue weighted by Gasteiger charge is -2.30. The fourth-order valence-electron chi connectivity index (χ4n) is 2.50. The summed E-state index contributed by atoms with van der Waals surface area (Å²) in [4.78, 5) is 36.3. The van der Waals surface area contributed by atoms with Crippen molar-refractivity contribution in [3.8, 4) is 0 Å². The largest absolute Gasteiger partial charge is 0.481 e. The molecule has 7 nitrogen and oxygen atoms in total. The Morgan fingerprint density at radius 2 is 2.13 bits per heavy atom. The van der Waals surface area contributed by atoms with E-state index >= 15 is 0 Å². The first-order valence-corrected chi connectivity index (χ1v) is 7.09. The molecule has 124 valence electrons. The van der Waals surface area contributed by atoms with E-state index in [0.29, 0.717) is 19.4 Å². The molecule has 1 heterocycles. The number of nitrogens with one attached hydrogen (secondary N) is 1. The summed E-state index contributed by atoms with van der Waals surface area (Å²) < 4.78 is 18.3. The van der Waals surface area contributed by atoms with Gasteiger partial charge in [-0.3, -0.25) is 4.79 Å². The van der Waals surface area contributed by atoms with Crippen LogP contribution in [0.1, 0.15) is 23.2 Å². The van der Waals surface area contributed by atoms with E-state index in [2.05, 4.69) is 10.1 Å². The monoisotopic (exact) mass is 324 g/mol. The maximum Gasteiger partial charge on any atom is 0.342 e. The number of amides is 2. The van der Waals surface area contributed by atoms with E-state index in [1.54, 1.807) is 0 Å². The first-order chi connectivity index (χ1) is 10.9. The maximum absolute atomic E-state index is 13.8. The number of carbonyl (C=O) groups excluding carboxylic acids is 2. The third-order valence-electron chi connectivity index (χ3n) is 3.70. The second-order valence-corrected chi connectivity index (χ2v) is 5.21. The summed E-state index contributed by atoms with van der Waals surface area (Å²) in [6.07, 6.45) is 1.07. The summed E-state index contributed by atoms with van der Waals surface area (Å²) in [5.74, 6) is -3.29. The second-order valence-electron chi connectivity index (χ2n) is 5.21. The van der Waals surface area contributed by atoms with Crippen molar-refractivity contribution in [3.05, 3.63) is 29.6 Å². The molecule has 2 amide bonds. The highest BCUT2D eigenvalue weighted by Crippen LogP contribution is 2.22. The molecule has 23 heavy (non-hydrogen) atoms. The molecule has 8 heteroatoms. The minimum atomic E-state index is -0.955. The zero-order chi connectivity index (χ0) is 17.0. The number of halogens is 1. The summed E-state index contributed by atoms with van der Waals surface area (Å²) in [5, 5.41) is 11.5.